The maximum atomic E-state index is 10.9. The van der Waals surface area contributed by atoms with E-state index in [0.717, 1.165) is 19.3 Å². The molecule has 0 aromatic rings. The largest absolute Gasteiger partial charge is 0.396 e. The molecular formula is C8H13NO2. The van der Waals surface area contributed by atoms with Crippen molar-refractivity contribution in [2.75, 3.05) is 6.61 Å². The zero-order chi connectivity index (χ0) is 8.06. The van der Waals surface area contributed by atoms with Gasteiger partial charge in [0.05, 0.1) is 0 Å². The predicted molar refractivity (Wildman–Crippen MR) is 39.5 cm³/mol. The molecule has 0 aliphatic heterocycles. The lowest BCUT2D eigenvalue weighted by Gasteiger charge is -2.16. The number of carbonyl (C=O) groups is 1. The second kappa shape index (κ2) is 1.97. The van der Waals surface area contributed by atoms with Crippen LogP contribution in [0, 0.1) is 17.3 Å². The van der Waals surface area contributed by atoms with E-state index in [1.54, 1.807) is 0 Å². The van der Waals surface area contributed by atoms with Crippen molar-refractivity contribution < 1.29 is 9.90 Å². The lowest BCUT2D eigenvalue weighted by molar-refractivity contribution is -0.124. The Morgan fingerprint density at radius 3 is 2.73 bits per heavy atom. The molecule has 2 rings (SSSR count). The van der Waals surface area contributed by atoms with Crippen molar-refractivity contribution in [1.29, 1.82) is 0 Å². The normalized spacial score (nSPS) is 47.0. The van der Waals surface area contributed by atoms with Crippen LogP contribution in [0.25, 0.3) is 0 Å². The third kappa shape index (κ3) is 0.745. The van der Waals surface area contributed by atoms with E-state index in [-0.39, 0.29) is 23.8 Å². The highest BCUT2D eigenvalue weighted by atomic mass is 16.3. The first-order valence-corrected chi connectivity index (χ1v) is 4.11. The van der Waals surface area contributed by atoms with Crippen LogP contribution in [0.3, 0.4) is 0 Å². The molecule has 1 amide bonds. The number of hydrogen-bond acceptors (Lipinski definition) is 2. The first kappa shape index (κ1) is 7.10. The van der Waals surface area contributed by atoms with Gasteiger partial charge < -0.3 is 10.8 Å². The zero-order valence-electron chi connectivity index (χ0n) is 6.42. The van der Waals surface area contributed by atoms with Crippen molar-refractivity contribution in [3.63, 3.8) is 0 Å². The summed E-state index contributed by atoms with van der Waals surface area (Å²) in [5, 5.41) is 9.08. The molecule has 0 saturated heterocycles. The summed E-state index contributed by atoms with van der Waals surface area (Å²) in [5.41, 5.74) is 5.15. The van der Waals surface area contributed by atoms with Gasteiger partial charge in [0.25, 0.3) is 0 Å². The van der Waals surface area contributed by atoms with E-state index in [4.69, 9.17) is 10.8 Å². The van der Waals surface area contributed by atoms with Crippen molar-refractivity contribution >= 4 is 5.91 Å². The van der Waals surface area contributed by atoms with Crippen molar-refractivity contribution in [2.45, 2.75) is 19.3 Å². The Hall–Kier alpha value is -0.570. The fourth-order valence-corrected chi connectivity index (χ4v) is 2.60. The van der Waals surface area contributed by atoms with Gasteiger partial charge in [-0.3, -0.25) is 4.79 Å². The molecule has 0 bridgehead atoms. The third-order valence-electron chi connectivity index (χ3n) is 3.41. The average molecular weight is 155 g/mol. The number of fused-ring (bicyclic) bond motifs is 1. The van der Waals surface area contributed by atoms with Crippen LogP contribution in [-0.2, 0) is 4.79 Å². The van der Waals surface area contributed by atoms with E-state index in [9.17, 15) is 4.79 Å². The van der Waals surface area contributed by atoms with E-state index in [0.29, 0.717) is 5.92 Å². The molecule has 0 aromatic carbocycles. The van der Waals surface area contributed by atoms with E-state index in [2.05, 4.69) is 0 Å². The minimum Gasteiger partial charge on any atom is -0.396 e. The molecule has 3 unspecified atom stereocenters. The van der Waals surface area contributed by atoms with Crippen molar-refractivity contribution in [1.82, 2.24) is 0 Å². The van der Waals surface area contributed by atoms with Crippen LogP contribution in [0.4, 0.5) is 0 Å². The summed E-state index contributed by atoms with van der Waals surface area (Å²) in [6, 6.07) is 0. The van der Waals surface area contributed by atoms with Crippen LogP contribution in [0.2, 0.25) is 0 Å². The Kier molecular flexibility index (Phi) is 1.27. The van der Waals surface area contributed by atoms with Crippen molar-refractivity contribution in [3.05, 3.63) is 0 Å². The first-order valence-electron chi connectivity index (χ1n) is 4.11. The minimum absolute atomic E-state index is 0.0440. The highest BCUT2D eigenvalue weighted by Crippen LogP contribution is 2.65. The molecule has 2 aliphatic carbocycles. The maximum Gasteiger partial charge on any atom is 0.221 e. The lowest BCUT2D eigenvalue weighted by atomic mass is 9.90. The number of nitrogens with two attached hydrogens (primary N) is 1. The molecule has 2 saturated carbocycles. The highest BCUT2D eigenvalue weighted by molar-refractivity contribution is 5.78. The molecular weight excluding hydrogens is 142 g/mol. The van der Waals surface area contributed by atoms with Gasteiger partial charge in [-0.2, -0.15) is 0 Å². The smallest absolute Gasteiger partial charge is 0.221 e. The van der Waals surface area contributed by atoms with Crippen molar-refractivity contribution in [3.8, 4) is 0 Å². The van der Waals surface area contributed by atoms with E-state index >= 15 is 0 Å². The summed E-state index contributed by atoms with van der Waals surface area (Å²) in [5.74, 6) is 0.321. The fourth-order valence-electron chi connectivity index (χ4n) is 2.60. The third-order valence-corrected chi connectivity index (χ3v) is 3.41. The number of amides is 1. The summed E-state index contributed by atoms with van der Waals surface area (Å²) in [4.78, 5) is 10.9. The quantitative estimate of drug-likeness (QED) is 0.584. The molecule has 0 heterocycles. The summed E-state index contributed by atoms with van der Waals surface area (Å²) in [6.07, 6.45) is 2.98. The fraction of sp³-hybridized carbons (Fsp3) is 0.875. The summed E-state index contributed by atoms with van der Waals surface area (Å²) in [6.45, 7) is 0.144. The standard InChI is InChI=1S/C8H13NO2/c9-7(11)6-2-1-5-3-8(5,6)4-10/h5-6,10H,1-4H2,(H2,9,11). The number of aliphatic hydroxyl groups excluding tert-OH is 1. The molecule has 3 N–H and O–H groups in total. The van der Waals surface area contributed by atoms with Crippen LogP contribution in [0.15, 0.2) is 0 Å². The molecule has 0 aromatic heterocycles. The van der Waals surface area contributed by atoms with Crippen molar-refractivity contribution in [2.24, 2.45) is 23.0 Å². The topological polar surface area (TPSA) is 63.3 Å². The van der Waals surface area contributed by atoms with Gasteiger partial charge in [0.1, 0.15) is 0 Å². The van der Waals surface area contributed by atoms with Gasteiger partial charge in [0.2, 0.25) is 5.91 Å². The van der Waals surface area contributed by atoms with Gasteiger partial charge in [0, 0.05) is 17.9 Å². The first-order chi connectivity index (χ1) is 5.20. The average Bonchev–Trinajstić information content (AvgIpc) is 2.58. The Morgan fingerprint density at radius 2 is 2.36 bits per heavy atom. The summed E-state index contributed by atoms with van der Waals surface area (Å²) >= 11 is 0. The van der Waals surface area contributed by atoms with Crippen LogP contribution in [-0.4, -0.2) is 17.6 Å². The molecule has 0 spiro atoms. The van der Waals surface area contributed by atoms with Gasteiger partial charge in [0.15, 0.2) is 0 Å². The molecule has 62 valence electrons. The molecule has 2 fully saturated rings. The van der Waals surface area contributed by atoms with Crippen LogP contribution >= 0.6 is 0 Å². The summed E-state index contributed by atoms with van der Waals surface area (Å²) < 4.78 is 0. The lowest BCUT2D eigenvalue weighted by Crippen LogP contribution is -2.31. The number of primary amides is 1. The predicted octanol–water partition coefficient (Wildman–Crippen LogP) is -0.120. The second-order valence-electron chi connectivity index (χ2n) is 3.82. The Labute approximate surface area is 65.6 Å². The number of hydrogen-bond donors (Lipinski definition) is 2. The molecule has 3 heteroatoms. The highest BCUT2D eigenvalue weighted by Gasteiger charge is 2.63. The van der Waals surface area contributed by atoms with Gasteiger partial charge in [-0.1, -0.05) is 0 Å². The maximum absolute atomic E-state index is 10.9. The second-order valence-corrected chi connectivity index (χ2v) is 3.82. The van der Waals surface area contributed by atoms with E-state index < -0.39 is 0 Å². The number of aliphatic hydroxyl groups is 1. The monoisotopic (exact) mass is 155 g/mol. The number of carbonyl (C=O) groups excluding carboxylic acids is 1. The van der Waals surface area contributed by atoms with Crippen LogP contribution in [0.5, 0.6) is 0 Å². The van der Waals surface area contributed by atoms with Crippen LogP contribution in [0.1, 0.15) is 19.3 Å². The van der Waals surface area contributed by atoms with Crippen LogP contribution < -0.4 is 5.73 Å². The number of rotatable bonds is 2. The zero-order valence-corrected chi connectivity index (χ0v) is 6.42. The molecule has 3 atom stereocenters. The van der Waals surface area contributed by atoms with E-state index in [1.807, 2.05) is 0 Å². The molecule has 11 heavy (non-hydrogen) atoms. The summed E-state index contributed by atoms with van der Waals surface area (Å²) in [7, 11) is 0. The van der Waals surface area contributed by atoms with Gasteiger partial charge >= 0.3 is 0 Å². The van der Waals surface area contributed by atoms with E-state index in [1.165, 1.54) is 0 Å². The molecule has 2 aliphatic rings. The Bertz CT molecular complexity index is 200. The van der Waals surface area contributed by atoms with Gasteiger partial charge in [-0.25, -0.2) is 0 Å². The Balaban J connectivity index is 2.17. The SMILES string of the molecule is NC(=O)C1CCC2CC21CO. The van der Waals surface area contributed by atoms with Gasteiger partial charge in [-0.05, 0) is 25.2 Å². The Morgan fingerprint density at radius 1 is 1.64 bits per heavy atom. The minimum atomic E-state index is -0.223. The molecule has 0 radical (unpaired) electrons. The molecule has 3 nitrogen and oxygen atoms in total. The van der Waals surface area contributed by atoms with Gasteiger partial charge in [-0.15, -0.1) is 0 Å².